The molecule has 4 rings (SSSR count). The molecule has 3 saturated heterocycles. The number of aromatic nitrogens is 2. The van der Waals surface area contributed by atoms with Crippen LogP contribution in [0.3, 0.4) is 0 Å². The van der Waals surface area contributed by atoms with Gasteiger partial charge in [-0.2, -0.15) is 4.98 Å². The van der Waals surface area contributed by atoms with Crippen LogP contribution in [0.25, 0.3) is 0 Å². The average molecular weight is 397 g/mol. The van der Waals surface area contributed by atoms with Gasteiger partial charge in [0.1, 0.15) is 24.9 Å². The van der Waals surface area contributed by atoms with Crippen LogP contribution in [0, 0.1) is 0 Å². The third-order valence-corrected chi connectivity index (χ3v) is 4.93. The van der Waals surface area contributed by atoms with E-state index in [1.54, 1.807) is 13.8 Å². The number of hydrogen-bond donors (Lipinski definition) is 2. The zero-order valence-electron chi connectivity index (χ0n) is 15.6. The van der Waals surface area contributed by atoms with Crippen LogP contribution in [0.15, 0.2) is 17.1 Å². The fraction of sp³-hybridized carbons (Fsp3) is 0.706. The van der Waals surface area contributed by atoms with Gasteiger partial charge < -0.3 is 23.7 Å². The Kier molecular flexibility index (Phi) is 5.10. The molecule has 4 heterocycles. The molecule has 28 heavy (non-hydrogen) atoms. The van der Waals surface area contributed by atoms with Gasteiger partial charge in [0.25, 0.3) is 0 Å². The van der Waals surface area contributed by atoms with Gasteiger partial charge in [-0.15, -0.1) is 0 Å². The fourth-order valence-electron chi connectivity index (χ4n) is 3.71. The monoisotopic (exact) mass is 397 g/mol. The lowest BCUT2D eigenvalue weighted by Gasteiger charge is -2.25. The van der Waals surface area contributed by atoms with Crippen molar-refractivity contribution >= 4 is 11.8 Å². The van der Waals surface area contributed by atoms with Crippen LogP contribution in [0.1, 0.15) is 32.9 Å². The number of rotatable bonds is 5. The van der Waals surface area contributed by atoms with Crippen LogP contribution in [0.2, 0.25) is 0 Å². The topological polar surface area (TPSA) is 130 Å². The Morgan fingerprint density at radius 3 is 2.89 bits per heavy atom. The quantitative estimate of drug-likeness (QED) is 0.524. The Morgan fingerprint density at radius 2 is 2.21 bits per heavy atom. The van der Waals surface area contributed by atoms with Crippen LogP contribution >= 0.6 is 0 Å². The second-order valence-corrected chi connectivity index (χ2v) is 7.38. The number of esters is 1. The smallest absolute Gasteiger partial charge is 0.351 e. The molecule has 5 atom stereocenters. The molecular formula is C17H23N3O8. The minimum Gasteiger partial charge on any atom is -0.461 e. The predicted molar refractivity (Wildman–Crippen MR) is 91.6 cm³/mol. The van der Waals surface area contributed by atoms with E-state index < -0.39 is 48.1 Å². The molecule has 2 N–H and O–H groups in total. The second-order valence-electron chi connectivity index (χ2n) is 7.38. The molecule has 3 aliphatic rings. The maximum absolute atomic E-state index is 12.3. The minimum absolute atomic E-state index is 0.0155. The maximum atomic E-state index is 12.3. The molecule has 0 radical (unpaired) electrons. The van der Waals surface area contributed by atoms with Crippen molar-refractivity contribution in [2.45, 2.75) is 63.1 Å². The lowest BCUT2D eigenvalue weighted by Crippen LogP contribution is -2.35. The summed E-state index contributed by atoms with van der Waals surface area (Å²) in [4.78, 5) is 28.1. The molecule has 0 saturated carbocycles. The molecule has 1 aromatic rings. The predicted octanol–water partition coefficient (Wildman–Crippen LogP) is 0.184. The lowest BCUT2D eigenvalue weighted by molar-refractivity contribution is -0.204. The Hall–Kier alpha value is -2.05. The van der Waals surface area contributed by atoms with Crippen LogP contribution in [0.4, 0.5) is 5.82 Å². The van der Waals surface area contributed by atoms with Crippen molar-refractivity contribution in [3.8, 4) is 0 Å². The third kappa shape index (κ3) is 3.63. The van der Waals surface area contributed by atoms with Crippen LogP contribution in [-0.4, -0.2) is 64.1 Å². The first-order chi connectivity index (χ1) is 13.4. The van der Waals surface area contributed by atoms with E-state index in [0.717, 1.165) is 6.42 Å². The van der Waals surface area contributed by atoms with Gasteiger partial charge in [0.2, 0.25) is 0 Å². The molecule has 0 amide bonds. The van der Waals surface area contributed by atoms with Gasteiger partial charge in [0.05, 0.1) is 0 Å². The molecule has 0 bridgehead atoms. The van der Waals surface area contributed by atoms with Crippen molar-refractivity contribution < 1.29 is 33.7 Å². The van der Waals surface area contributed by atoms with Crippen molar-refractivity contribution in [3.63, 3.8) is 0 Å². The molecule has 154 valence electrons. The van der Waals surface area contributed by atoms with E-state index in [9.17, 15) is 9.59 Å². The van der Waals surface area contributed by atoms with Gasteiger partial charge in [-0.3, -0.25) is 15.3 Å². The van der Waals surface area contributed by atoms with Gasteiger partial charge in [-0.1, -0.05) is 0 Å². The molecule has 0 spiro atoms. The van der Waals surface area contributed by atoms with Gasteiger partial charge in [0.15, 0.2) is 23.9 Å². The van der Waals surface area contributed by atoms with Gasteiger partial charge >= 0.3 is 11.7 Å². The zero-order chi connectivity index (χ0) is 19.9. The van der Waals surface area contributed by atoms with E-state index in [1.165, 1.54) is 16.8 Å². The summed E-state index contributed by atoms with van der Waals surface area (Å²) in [5.74, 6) is -1.30. The van der Waals surface area contributed by atoms with Crippen molar-refractivity contribution in [2.75, 3.05) is 18.7 Å². The number of carbonyl (C=O) groups is 1. The number of ether oxygens (including phenoxy) is 5. The Morgan fingerprint density at radius 1 is 1.43 bits per heavy atom. The molecule has 0 unspecified atom stereocenters. The van der Waals surface area contributed by atoms with Crippen LogP contribution in [-0.2, 0) is 28.5 Å². The molecule has 0 aliphatic carbocycles. The lowest BCUT2D eigenvalue weighted by atomic mass is 10.1. The SMILES string of the molecule is CC1(C)O[C@@H]2[C@H](O1)[C@@H](COC(=O)[C@H]1CCCO1)O[C@H]2n1ccc(NO)nc1=O. The highest BCUT2D eigenvalue weighted by Gasteiger charge is 2.56. The molecule has 1 aromatic heterocycles. The summed E-state index contributed by atoms with van der Waals surface area (Å²) >= 11 is 0. The largest absolute Gasteiger partial charge is 0.461 e. The molecule has 11 nitrogen and oxygen atoms in total. The van der Waals surface area contributed by atoms with E-state index >= 15 is 0 Å². The van der Waals surface area contributed by atoms with Crippen molar-refractivity contribution in [1.82, 2.24) is 9.55 Å². The number of anilines is 1. The summed E-state index contributed by atoms with van der Waals surface area (Å²) in [5.41, 5.74) is 1.19. The summed E-state index contributed by atoms with van der Waals surface area (Å²) in [6.07, 6.45) is -0.199. The standard InChI is InChI=1S/C17H23N3O8/c1-17(2)27-12-10(8-25-15(21)9-4-3-7-24-9)26-14(13(12)28-17)20-6-5-11(19-23)18-16(20)22/h5-6,9-10,12-14,23H,3-4,7-8H2,1-2H3,(H,18,19,22)/t9-,10-,12-,13-,14-/m1/s1. The van der Waals surface area contributed by atoms with Gasteiger partial charge in [-0.25, -0.2) is 9.59 Å². The first-order valence-electron chi connectivity index (χ1n) is 9.16. The Labute approximate surface area is 160 Å². The highest BCUT2D eigenvalue weighted by atomic mass is 16.8. The van der Waals surface area contributed by atoms with E-state index in [1.807, 2.05) is 5.48 Å². The number of nitrogens with zero attached hydrogens (tertiary/aromatic N) is 2. The molecule has 3 aliphatic heterocycles. The average Bonchev–Trinajstić information content (AvgIpc) is 3.36. The number of hydrogen-bond acceptors (Lipinski definition) is 10. The van der Waals surface area contributed by atoms with Crippen LogP contribution in [0.5, 0.6) is 0 Å². The summed E-state index contributed by atoms with van der Waals surface area (Å²) in [6, 6.07) is 1.42. The molecular weight excluding hydrogens is 374 g/mol. The summed E-state index contributed by atoms with van der Waals surface area (Å²) < 4.78 is 29.7. The summed E-state index contributed by atoms with van der Waals surface area (Å²) in [5, 5.41) is 8.90. The van der Waals surface area contributed by atoms with E-state index in [4.69, 9.17) is 28.9 Å². The van der Waals surface area contributed by atoms with Crippen LogP contribution < -0.4 is 11.2 Å². The normalized spacial score (nSPS) is 33.6. The summed E-state index contributed by atoms with van der Waals surface area (Å²) in [7, 11) is 0. The van der Waals surface area contributed by atoms with Crippen molar-refractivity contribution in [2.24, 2.45) is 0 Å². The van der Waals surface area contributed by atoms with E-state index in [0.29, 0.717) is 13.0 Å². The first-order valence-corrected chi connectivity index (χ1v) is 9.16. The van der Waals surface area contributed by atoms with E-state index in [-0.39, 0.29) is 12.4 Å². The molecule has 3 fully saturated rings. The van der Waals surface area contributed by atoms with Gasteiger partial charge in [-0.05, 0) is 32.8 Å². The number of carbonyl (C=O) groups excluding carboxylic acids is 1. The third-order valence-electron chi connectivity index (χ3n) is 4.93. The van der Waals surface area contributed by atoms with Gasteiger partial charge in [0, 0.05) is 12.8 Å². The highest BCUT2D eigenvalue weighted by molar-refractivity contribution is 5.74. The molecule has 0 aromatic carbocycles. The highest BCUT2D eigenvalue weighted by Crippen LogP contribution is 2.42. The van der Waals surface area contributed by atoms with Crippen molar-refractivity contribution in [1.29, 1.82) is 0 Å². The Bertz CT molecular complexity index is 791. The molecule has 11 heteroatoms. The maximum Gasteiger partial charge on any atom is 0.351 e. The second kappa shape index (κ2) is 7.41. The van der Waals surface area contributed by atoms with E-state index in [2.05, 4.69) is 4.98 Å². The number of fused-ring (bicyclic) bond motifs is 1. The van der Waals surface area contributed by atoms with Crippen molar-refractivity contribution in [3.05, 3.63) is 22.7 Å². The number of nitrogens with one attached hydrogen (secondary N) is 1. The zero-order valence-corrected chi connectivity index (χ0v) is 15.6. The first kappa shape index (κ1) is 19.3. The minimum atomic E-state index is -0.877. The Balaban J connectivity index is 1.51. The fourth-order valence-corrected chi connectivity index (χ4v) is 3.71. The summed E-state index contributed by atoms with van der Waals surface area (Å²) in [6.45, 7) is 4.02.